The number of thiazole rings is 1. The van der Waals surface area contributed by atoms with Gasteiger partial charge >= 0.3 is 0 Å². The Morgan fingerprint density at radius 1 is 1.14 bits per heavy atom. The van der Waals surface area contributed by atoms with Gasteiger partial charge in [-0.15, -0.1) is 11.3 Å². The monoisotopic (exact) mass is 426 g/mol. The number of carbonyl (C=O) groups is 1. The Morgan fingerprint density at radius 3 is 2.83 bits per heavy atom. The molecule has 6 nitrogen and oxygen atoms in total. The minimum atomic E-state index is -0.0516. The lowest BCUT2D eigenvalue weighted by Gasteiger charge is -2.04. The highest BCUT2D eigenvalue weighted by Gasteiger charge is 2.09. The van der Waals surface area contributed by atoms with Crippen molar-refractivity contribution in [2.75, 3.05) is 6.54 Å². The van der Waals surface area contributed by atoms with Gasteiger partial charge in [0.2, 0.25) is 5.91 Å². The molecule has 1 aromatic carbocycles. The molecule has 3 aromatic heterocycles. The number of pyridine rings is 1. The Kier molecular flexibility index (Phi) is 6.07. The van der Waals surface area contributed by atoms with Crippen LogP contribution in [-0.2, 0) is 24.2 Å². The van der Waals surface area contributed by atoms with Crippen LogP contribution in [0.4, 0.5) is 0 Å². The number of hydrogen-bond acceptors (Lipinski definition) is 5. The molecule has 8 heteroatoms. The first-order valence-corrected chi connectivity index (χ1v) is 10.4. The van der Waals surface area contributed by atoms with Gasteiger partial charge in [0.05, 0.1) is 17.8 Å². The normalized spacial score (nSPS) is 10.9. The summed E-state index contributed by atoms with van der Waals surface area (Å²) in [7, 11) is 0. The minimum absolute atomic E-state index is 0.0516. The SMILES string of the molecule is O=C(Cc1csc(COc2ccc(Cl)cc2)n1)NCCc1cn2ccccc2n1. The van der Waals surface area contributed by atoms with E-state index in [0.717, 1.165) is 27.8 Å². The second kappa shape index (κ2) is 9.07. The average molecular weight is 427 g/mol. The fourth-order valence-electron chi connectivity index (χ4n) is 2.84. The van der Waals surface area contributed by atoms with Gasteiger partial charge in [-0.3, -0.25) is 4.79 Å². The number of hydrogen-bond donors (Lipinski definition) is 1. The third-order valence-corrected chi connectivity index (χ3v) is 5.36. The van der Waals surface area contributed by atoms with Crippen molar-refractivity contribution in [3.8, 4) is 5.75 Å². The zero-order valence-electron chi connectivity index (χ0n) is 15.5. The average Bonchev–Trinajstić information content (AvgIpc) is 3.33. The first-order valence-electron chi connectivity index (χ1n) is 9.17. The number of carbonyl (C=O) groups excluding carboxylic acids is 1. The summed E-state index contributed by atoms with van der Waals surface area (Å²) in [5.74, 6) is 0.681. The molecule has 0 aliphatic rings. The maximum atomic E-state index is 12.2. The van der Waals surface area contributed by atoms with E-state index in [9.17, 15) is 4.79 Å². The van der Waals surface area contributed by atoms with E-state index in [1.165, 1.54) is 11.3 Å². The van der Waals surface area contributed by atoms with Crippen LogP contribution in [0.15, 0.2) is 60.2 Å². The van der Waals surface area contributed by atoms with Gasteiger partial charge in [0.15, 0.2) is 0 Å². The summed E-state index contributed by atoms with van der Waals surface area (Å²) in [6, 6.07) is 13.1. The minimum Gasteiger partial charge on any atom is -0.486 e. The number of nitrogens with one attached hydrogen (secondary N) is 1. The molecule has 0 bridgehead atoms. The molecule has 0 aliphatic carbocycles. The van der Waals surface area contributed by atoms with Gasteiger partial charge in [0.25, 0.3) is 0 Å². The fraction of sp³-hybridized carbons (Fsp3) is 0.190. The number of amides is 1. The van der Waals surface area contributed by atoms with Crippen molar-refractivity contribution in [1.82, 2.24) is 19.7 Å². The Morgan fingerprint density at radius 2 is 2.00 bits per heavy atom. The van der Waals surface area contributed by atoms with Gasteiger partial charge in [-0.1, -0.05) is 17.7 Å². The predicted octanol–water partition coefficient (Wildman–Crippen LogP) is 3.92. The van der Waals surface area contributed by atoms with Crippen LogP contribution in [0.2, 0.25) is 5.02 Å². The maximum Gasteiger partial charge on any atom is 0.226 e. The highest BCUT2D eigenvalue weighted by Crippen LogP contribution is 2.18. The summed E-state index contributed by atoms with van der Waals surface area (Å²) < 4.78 is 7.66. The molecule has 1 N–H and O–H groups in total. The van der Waals surface area contributed by atoms with Gasteiger partial charge < -0.3 is 14.5 Å². The van der Waals surface area contributed by atoms with Crippen molar-refractivity contribution in [2.24, 2.45) is 0 Å². The summed E-state index contributed by atoms with van der Waals surface area (Å²) in [6.45, 7) is 0.904. The number of nitrogens with zero attached hydrogens (tertiary/aromatic N) is 3. The van der Waals surface area contributed by atoms with Crippen LogP contribution in [-0.4, -0.2) is 26.8 Å². The molecule has 0 saturated carbocycles. The van der Waals surface area contributed by atoms with E-state index < -0.39 is 0 Å². The lowest BCUT2D eigenvalue weighted by atomic mass is 10.3. The van der Waals surface area contributed by atoms with Gasteiger partial charge in [0.1, 0.15) is 23.0 Å². The van der Waals surface area contributed by atoms with E-state index in [0.29, 0.717) is 24.6 Å². The molecular formula is C21H19ClN4O2S. The third kappa shape index (κ3) is 5.34. The lowest BCUT2D eigenvalue weighted by molar-refractivity contribution is -0.120. The van der Waals surface area contributed by atoms with Crippen LogP contribution in [0.5, 0.6) is 5.75 Å². The standard InChI is InChI=1S/C21H19ClN4O2S/c22-15-4-6-18(7-5-15)28-13-21-25-17(14-29-21)11-20(27)23-9-8-16-12-26-10-2-1-3-19(26)24-16/h1-7,10,12,14H,8-9,11,13H2,(H,23,27). The quantitative estimate of drug-likeness (QED) is 0.463. The van der Waals surface area contributed by atoms with Crippen LogP contribution in [0.3, 0.4) is 0 Å². The van der Waals surface area contributed by atoms with Gasteiger partial charge in [-0.05, 0) is 36.4 Å². The summed E-state index contributed by atoms with van der Waals surface area (Å²) in [5, 5.41) is 6.31. The zero-order valence-corrected chi connectivity index (χ0v) is 17.1. The molecule has 29 heavy (non-hydrogen) atoms. The molecule has 4 aromatic rings. The molecule has 0 aliphatic heterocycles. The van der Waals surface area contributed by atoms with Crippen LogP contribution in [0, 0.1) is 0 Å². The molecule has 0 unspecified atom stereocenters. The van der Waals surface area contributed by atoms with Crippen LogP contribution in [0.1, 0.15) is 16.4 Å². The van der Waals surface area contributed by atoms with E-state index in [-0.39, 0.29) is 12.3 Å². The second-order valence-corrected chi connectivity index (χ2v) is 7.83. The third-order valence-electron chi connectivity index (χ3n) is 4.23. The van der Waals surface area contributed by atoms with Crippen molar-refractivity contribution in [3.05, 3.63) is 81.7 Å². The van der Waals surface area contributed by atoms with E-state index >= 15 is 0 Å². The van der Waals surface area contributed by atoms with Gasteiger partial charge in [-0.2, -0.15) is 0 Å². The van der Waals surface area contributed by atoms with Crippen molar-refractivity contribution < 1.29 is 9.53 Å². The summed E-state index contributed by atoms with van der Waals surface area (Å²) in [6.07, 6.45) is 4.88. The number of aromatic nitrogens is 3. The van der Waals surface area contributed by atoms with Crippen LogP contribution < -0.4 is 10.1 Å². The number of rotatable bonds is 8. The van der Waals surface area contributed by atoms with Gasteiger partial charge in [-0.25, -0.2) is 9.97 Å². The second-order valence-electron chi connectivity index (χ2n) is 6.45. The largest absolute Gasteiger partial charge is 0.486 e. The molecule has 3 heterocycles. The number of imidazole rings is 1. The Balaban J connectivity index is 1.22. The Bertz CT molecular complexity index is 1070. The van der Waals surface area contributed by atoms with Crippen molar-refractivity contribution >= 4 is 34.5 Å². The van der Waals surface area contributed by atoms with E-state index in [1.807, 2.05) is 52.5 Å². The highest BCUT2D eigenvalue weighted by molar-refractivity contribution is 7.09. The molecular weight excluding hydrogens is 408 g/mol. The van der Waals surface area contributed by atoms with Crippen molar-refractivity contribution in [2.45, 2.75) is 19.4 Å². The molecule has 0 spiro atoms. The lowest BCUT2D eigenvalue weighted by Crippen LogP contribution is -2.27. The summed E-state index contributed by atoms with van der Waals surface area (Å²) >= 11 is 7.34. The van der Waals surface area contributed by atoms with Crippen LogP contribution >= 0.6 is 22.9 Å². The first kappa shape index (κ1) is 19.4. The molecule has 148 valence electrons. The summed E-state index contributed by atoms with van der Waals surface area (Å²) in [5.41, 5.74) is 2.60. The van der Waals surface area contributed by atoms with E-state index in [1.54, 1.807) is 12.1 Å². The number of halogens is 1. The molecule has 0 fully saturated rings. The smallest absolute Gasteiger partial charge is 0.226 e. The molecule has 1 amide bonds. The fourth-order valence-corrected chi connectivity index (χ4v) is 3.67. The molecule has 4 rings (SSSR count). The van der Waals surface area contributed by atoms with Crippen molar-refractivity contribution in [3.63, 3.8) is 0 Å². The number of benzene rings is 1. The maximum absolute atomic E-state index is 12.2. The summed E-state index contributed by atoms with van der Waals surface area (Å²) in [4.78, 5) is 21.2. The predicted molar refractivity (Wildman–Crippen MR) is 114 cm³/mol. The molecule has 0 radical (unpaired) electrons. The van der Waals surface area contributed by atoms with E-state index in [4.69, 9.17) is 16.3 Å². The topological polar surface area (TPSA) is 68.5 Å². The van der Waals surface area contributed by atoms with Gasteiger partial charge in [0, 0.05) is 35.8 Å². The number of fused-ring (bicyclic) bond motifs is 1. The number of ether oxygens (including phenoxy) is 1. The molecule has 0 saturated heterocycles. The van der Waals surface area contributed by atoms with E-state index in [2.05, 4.69) is 15.3 Å². The molecule has 0 atom stereocenters. The first-order chi connectivity index (χ1) is 14.2. The Labute approximate surface area is 177 Å². The zero-order chi connectivity index (χ0) is 20.1. The Hall–Kier alpha value is -2.90. The van der Waals surface area contributed by atoms with Crippen molar-refractivity contribution in [1.29, 1.82) is 0 Å². The highest BCUT2D eigenvalue weighted by atomic mass is 35.5. The van der Waals surface area contributed by atoms with Crippen LogP contribution in [0.25, 0.3) is 5.65 Å².